The summed E-state index contributed by atoms with van der Waals surface area (Å²) in [4.78, 5) is 27.9. The number of nitrogens with zero attached hydrogens (tertiary/aromatic N) is 1. The van der Waals surface area contributed by atoms with Crippen molar-refractivity contribution in [3.05, 3.63) is 42.2 Å². The van der Waals surface area contributed by atoms with E-state index in [0.29, 0.717) is 30.1 Å². The van der Waals surface area contributed by atoms with Crippen LogP contribution in [-0.2, 0) is 16.0 Å². The van der Waals surface area contributed by atoms with Gasteiger partial charge in [0.05, 0.1) is 23.2 Å². The molecule has 1 fully saturated rings. The summed E-state index contributed by atoms with van der Waals surface area (Å²) in [6, 6.07) is 6.24. The van der Waals surface area contributed by atoms with E-state index in [-0.39, 0.29) is 18.7 Å². The van der Waals surface area contributed by atoms with Crippen LogP contribution in [0.4, 0.5) is 4.39 Å². The Morgan fingerprint density at radius 3 is 2.89 bits per heavy atom. The van der Waals surface area contributed by atoms with Crippen LogP contribution in [0.1, 0.15) is 44.9 Å². The van der Waals surface area contributed by atoms with Crippen molar-refractivity contribution in [3.63, 3.8) is 0 Å². The number of halogens is 1. The highest BCUT2D eigenvalue weighted by atomic mass is 19.1. The second-order valence-electron chi connectivity index (χ2n) is 7.20. The molecule has 0 saturated heterocycles. The van der Waals surface area contributed by atoms with Crippen LogP contribution in [0.25, 0.3) is 11.3 Å². The predicted octanol–water partition coefficient (Wildman–Crippen LogP) is 3.56. The van der Waals surface area contributed by atoms with Gasteiger partial charge in [-0.25, -0.2) is 9.37 Å². The molecule has 1 aliphatic carbocycles. The number of aliphatic carboxylic acids is 1. The van der Waals surface area contributed by atoms with Crippen LogP contribution in [0.2, 0.25) is 0 Å². The molecule has 2 N–H and O–H groups in total. The average Bonchev–Trinajstić information content (AvgIpc) is 3.09. The average molecular weight is 374 g/mol. The first kappa shape index (κ1) is 19.1. The summed E-state index contributed by atoms with van der Waals surface area (Å²) in [6.45, 7) is 1.80. The number of hydrogen-bond donors (Lipinski definition) is 2. The van der Waals surface area contributed by atoms with Crippen molar-refractivity contribution in [3.8, 4) is 11.3 Å². The summed E-state index contributed by atoms with van der Waals surface area (Å²) in [5.41, 5.74) is -0.421. The van der Waals surface area contributed by atoms with Gasteiger partial charge in [-0.2, -0.15) is 0 Å². The quantitative estimate of drug-likeness (QED) is 0.806. The Morgan fingerprint density at radius 1 is 1.37 bits per heavy atom. The van der Waals surface area contributed by atoms with Crippen molar-refractivity contribution >= 4 is 11.9 Å². The highest BCUT2D eigenvalue weighted by molar-refractivity contribution is 5.79. The maximum atomic E-state index is 13.8. The monoisotopic (exact) mass is 374 g/mol. The van der Waals surface area contributed by atoms with Crippen molar-refractivity contribution < 1.29 is 23.5 Å². The van der Waals surface area contributed by atoms with Gasteiger partial charge in [-0.1, -0.05) is 25.0 Å². The van der Waals surface area contributed by atoms with Crippen LogP contribution in [0, 0.1) is 11.7 Å². The van der Waals surface area contributed by atoms with Crippen LogP contribution in [0.15, 0.2) is 34.9 Å². The molecule has 2 unspecified atom stereocenters. The number of oxazole rings is 1. The number of hydrogen-bond acceptors (Lipinski definition) is 4. The first-order valence-corrected chi connectivity index (χ1v) is 9.12. The van der Waals surface area contributed by atoms with Gasteiger partial charge in [0.2, 0.25) is 5.91 Å². The zero-order valence-electron chi connectivity index (χ0n) is 15.2. The van der Waals surface area contributed by atoms with E-state index in [1.807, 2.05) is 0 Å². The molecule has 0 spiro atoms. The molecule has 0 aliphatic heterocycles. The number of carboxylic acids is 1. The fourth-order valence-corrected chi connectivity index (χ4v) is 3.69. The van der Waals surface area contributed by atoms with Gasteiger partial charge in [0.1, 0.15) is 5.82 Å². The molecule has 0 radical (unpaired) electrons. The number of carbonyl (C=O) groups excluding carboxylic acids is 1. The van der Waals surface area contributed by atoms with E-state index in [1.165, 1.54) is 12.3 Å². The van der Waals surface area contributed by atoms with Crippen LogP contribution in [0.3, 0.4) is 0 Å². The lowest BCUT2D eigenvalue weighted by atomic mass is 9.74. The molecule has 6 nitrogen and oxygen atoms in total. The fourth-order valence-electron chi connectivity index (χ4n) is 3.69. The molecule has 7 heteroatoms. The van der Waals surface area contributed by atoms with E-state index in [9.17, 15) is 19.1 Å². The Labute approximate surface area is 156 Å². The molecule has 2 aromatic rings. The standard InChI is InChI=1S/C20H23FN2O4/c1-20(11-5-4-7-14(20)19(25)26)23-17(24)9-10-18-22-12-16(27-18)13-6-2-3-8-15(13)21/h2-3,6,8,12,14H,4-5,7,9-11H2,1H3,(H,23,24)(H,25,26). The Kier molecular flexibility index (Phi) is 5.58. The number of nitrogens with one attached hydrogen (secondary N) is 1. The number of amides is 1. The third kappa shape index (κ3) is 4.35. The lowest BCUT2D eigenvalue weighted by molar-refractivity contribution is -0.146. The number of benzene rings is 1. The fraction of sp³-hybridized carbons (Fsp3) is 0.450. The van der Waals surface area contributed by atoms with Gasteiger partial charge in [0.15, 0.2) is 11.7 Å². The summed E-state index contributed by atoms with van der Waals surface area (Å²) in [5.74, 6) is -1.44. The normalized spacial score (nSPS) is 22.4. The van der Waals surface area contributed by atoms with Crippen molar-refractivity contribution in [2.24, 2.45) is 5.92 Å². The molecular formula is C20H23FN2O4. The second-order valence-corrected chi connectivity index (χ2v) is 7.20. The van der Waals surface area contributed by atoms with E-state index in [0.717, 1.165) is 12.8 Å². The minimum absolute atomic E-state index is 0.124. The van der Waals surface area contributed by atoms with Gasteiger partial charge in [-0.3, -0.25) is 9.59 Å². The highest BCUT2D eigenvalue weighted by Gasteiger charge is 2.42. The van der Waals surface area contributed by atoms with Gasteiger partial charge in [-0.05, 0) is 31.9 Å². The van der Waals surface area contributed by atoms with Gasteiger partial charge in [-0.15, -0.1) is 0 Å². The molecule has 1 heterocycles. The predicted molar refractivity (Wildman–Crippen MR) is 96.4 cm³/mol. The Morgan fingerprint density at radius 2 is 2.15 bits per heavy atom. The second kappa shape index (κ2) is 7.90. The molecule has 1 aliphatic rings. The van der Waals surface area contributed by atoms with E-state index in [2.05, 4.69) is 10.3 Å². The van der Waals surface area contributed by atoms with Crippen LogP contribution >= 0.6 is 0 Å². The Bertz CT molecular complexity index is 835. The van der Waals surface area contributed by atoms with Crippen LogP contribution in [0.5, 0.6) is 0 Å². The first-order chi connectivity index (χ1) is 12.9. The number of carbonyl (C=O) groups is 2. The van der Waals surface area contributed by atoms with Crippen molar-refractivity contribution in [2.75, 3.05) is 0 Å². The summed E-state index contributed by atoms with van der Waals surface area (Å²) in [6.07, 6.45) is 4.79. The molecule has 0 bridgehead atoms. The SMILES string of the molecule is CC1(NC(=O)CCc2ncc(-c3ccccc3F)o2)CCCCC1C(=O)O. The van der Waals surface area contributed by atoms with Gasteiger partial charge in [0, 0.05) is 12.8 Å². The van der Waals surface area contributed by atoms with Gasteiger partial charge in [0.25, 0.3) is 0 Å². The lowest BCUT2D eigenvalue weighted by Gasteiger charge is -2.39. The molecule has 1 aromatic carbocycles. The van der Waals surface area contributed by atoms with Gasteiger partial charge >= 0.3 is 5.97 Å². The number of carboxylic acid groups (broad SMARTS) is 1. The summed E-state index contributed by atoms with van der Waals surface area (Å²) >= 11 is 0. The van der Waals surface area contributed by atoms with Crippen molar-refractivity contribution in [2.45, 2.75) is 51.0 Å². The van der Waals surface area contributed by atoms with E-state index in [1.54, 1.807) is 25.1 Å². The Hall–Kier alpha value is -2.70. The van der Waals surface area contributed by atoms with E-state index >= 15 is 0 Å². The topological polar surface area (TPSA) is 92.4 Å². The van der Waals surface area contributed by atoms with Crippen LogP contribution < -0.4 is 5.32 Å². The molecule has 3 rings (SSSR count). The summed E-state index contributed by atoms with van der Waals surface area (Å²) in [7, 11) is 0. The molecular weight excluding hydrogens is 351 g/mol. The Balaban J connectivity index is 1.60. The van der Waals surface area contributed by atoms with Crippen molar-refractivity contribution in [1.29, 1.82) is 0 Å². The highest BCUT2D eigenvalue weighted by Crippen LogP contribution is 2.34. The number of rotatable bonds is 6. The third-order valence-corrected chi connectivity index (χ3v) is 5.19. The molecule has 2 atom stereocenters. The molecule has 27 heavy (non-hydrogen) atoms. The van der Waals surface area contributed by atoms with Gasteiger partial charge < -0.3 is 14.8 Å². The molecule has 1 saturated carbocycles. The minimum Gasteiger partial charge on any atom is -0.481 e. The van der Waals surface area contributed by atoms with E-state index < -0.39 is 23.2 Å². The molecule has 1 aromatic heterocycles. The first-order valence-electron chi connectivity index (χ1n) is 9.12. The third-order valence-electron chi connectivity index (χ3n) is 5.19. The zero-order valence-corrected chi connectivity index (χ0v) is 15.2. The molecule has 1 amide bonds. The lowest BCUT2D eigenvalue weighted by Crippen LogP contribution is -2.55. The summed E-state index contributed by atoms with van der Waals surface area (Å²) in [5, 5.41) is 12.3. The maximum Gasteiger partial charge on any atom is 0.308 e. The largest absolute Gasteiger partial charge is 0.481 e. The van der Waals surface area contributed by atoms with E-state index in [4.69, 9.17) is 4.42 Å². The number of aryl methyl sites for hydroxylation is 1. The molecule has 144 valence electrons. The zero-order chi connectivity index (χ0) is 19.4. The minimum atomic E-state index is -0.875. The smallest absolute Gasteiger partial charge is 0.308 e. The van der Waals surface area contributed by atoms with Crippen LogP contribution in [-0.4, -0.2) is 27.5 Å². The van der Waals surface area contributed by atoms with Crippen molar-refractivity contribution in [1.82, 2.24) is 10.3 Å². The summed E-state index contributed by atoms with van der Waals surface area (Å²) < 4.78 is 19.4. The maximum absolute atomic E-state index is 13.8. The number of aromatic nitrogens is 1.